The molecule has 0 spiro atoms. The first-order valence-electron chi connectivity index (χ1n) is 6.56. The maximum atomic E-state index is 11.9. The fourth-order valence-electron chi connectivity index (χ4n) is 2.03. The Kier molecular flexibility index (Phi) is 3.83. The molecule has 0 aliphatic rings. The summed E-state index contributed by atoms with van der Waals surface area (Å²) in [5, 5.41) is 3.20. The highest BCUT2D eigenvalue weighted by Gasteiger charge is 2.06. The van der Waals surface area contributed by atoms with Crippen LogP contribution in [-0.2, 0) is 6.42 Å². The van der Waals surface area contributed by atoms with E-state index in [-0.39, 0.29) is 5.91 Å². The van der Waals surface area contributed by atoms with Crippen LogP contribution in [0.1, 0.15) is 16.2 Å². The molecule has 3 rings (SSSR count). The molecule has 2 heterocycles. The van der Waals surface area contributed by atoms with Gasteiger partial charge in [0.15, 0.2) is 0 Å². The number of hydrogen-bond donors (Lipinski definition) is 2. The third-order valence-corrected chi connectivity index (χ3v) is 3.30. The quantitative estimate of drug-likeness (QED) is 0.728. The van der Waals surface area contributed by atoms with Crippen LogP contribution in [0.4, 0.5) is 0 Å². The second-order valence-electron chi connectivity index (χ2n) is 4.58. The Morgan fingerprint density at radius 3 is 2.86 bits per heavy atom. The van der Waals surface area contributed by atoms with Gasteiger partial charge in [-0.25, -0.2) is 9.97 Å². The number of fused-ring (bicyclic) bond motifs is 1. The van der Waals surface area contributed by atoms with Crippen molar-refractivity contribution in [2.75, 3.05) is 6.54 Å². The minimum Gasteiger partial charge on any atom is -0.352 e. The fourth-order valence-corrected chi connectivity index (χ4v) is 2.14. The summed E-state index contributed by atoms with van der Waals surface area (Å²) in [5.74, 6) is 0.681. The molecule has 3 aromatic rings. The number of imidazole rings is 1. The third-order valence-electron chi connectivity index (χ3n) is 3.08. The Bertz CT molecular complexity index is 734. The van der Waals surface area contributed by atoms with Crippen molar-refractivity contribution < 1.29 is 4.79 Å². The Balaban J connectivity index is 1.58. The van der Waals surface area contributed by atoms with Crippen molar-refractivity contribution in [1.29, 1.82) is 0 Å². The number of aromatic nitrogens is 3. The lowest BCUT2D eigenvalue weighted by atomic mass is 10.2. The molecule has 0 atom stereocenters. The van der Waals surface area contributed by atoms with Crippen LogP contribution in [0, 0.1) is 0 Å². The van der Waals surface area contributed by atoms with Gasteiger partial charge in [-0.15, -0.1) is 0 Å². The van der Waals surface area contributed by atoms with Crippen molar-refractivity contribution in [3.8, 4) is 0 Å². The molecular formula is C15H13ClN4O. The van der Waals surface area contributed by atoms with E-state index in [2.05, 4.69) is 20.3 Å². The second-order valence-corrected chi connectivity index (χ2v) is 4.96. The number of amides is 1. The highest BCUT2D eigenvalue weighted by Crippen LogP contribution is 2.10. The molecule has 0 radical (unpaired) electrons. The lowest BCUT2D eigenvalue weighted by Crippen LogP contribution is -2.26. The van der Waals surface area contributed by atoms with Crippen LogP contribution in [0.15, 0.2) is 42.6 Å². The Morgan fingerprint density at radius 1 is 1.24 bits per heavy atom. The number of halogens is 1. The third kappa shape index (κ3) is 3.20. The van der Waals surface area contributed by atoms with E-state index >= 15 is 0 Å². The molecule has 5 nitrogen and oxygen atoms in total. The predicted molar refractivity (Wildman–Crippen MR) is 81.4 cm³/mol. The number of nitrogens with one attached hydrogen (secondary N) is 2. The zero-order chi connectivity index (χ0) is 14.7. The van der Waals surface area contributed by atoms with Crippen LogP contribution in [0.25, 0.3) is 11.0 Å². The van der Waals surface area contributed by atoms with Crippen LogP contribution in [0.5, 0.6) is 0 Å². The van der Waals surface area contributed by atoms with Gasteiger partial charge in [0, 0.05) is 19.2 Å². The van der Waals surface area contributed by atoms with Crippen molar-refractivity contribution in [3.05, 3.63) is 59.1 Å². The molecule has 2 N–H and O–H groups in total. The highest BCUT2D eigenvalue weighted by molar-refractivity contribution is 6.29. The van der Waals surface area contributed by atoms with Gasteiger partial charge in [0.05, 0.1) is 16.6 Å². The standard InChI is InChI=1S/C15H13ClN4O/c16-13-6-5-10(9-18-13)15(21)17-8-7-14-19-11-3-1-2-4-12(11)20-14/h1-6,9H,7-8H2,(H,17,21)(H,19,20). The van der Waals surface area contributed by atoms with Gasteiger partial charge in [-0.05, 0) is 24.3 Å². The van der Waals surface area contributed by atoms with Crippen molar-refractivity contribution in [2.24, 2.45) is 0 Å². The molecule has 6 heteroatoms. The van der Waals surface area contributed by atoms with Crippen molar-refractivity contribution in [2.45, 2.75) is 6.42 Å². The van der Waals surface area contributed by atoms with Gasteiger partial charge in [0.2, 0.25) is 0 Å². The van der Waals surface area contributed by atoms with Gasteiger partial charge in [-0.2, -0.15) is 0 Å². The van der Waals surface area contributed by atoms with Crippen LogP contribution in [0.3, 0.4) is 0 Å². The Labute approximate surface area is 126 Å². The number of hydrogen-bond acceptors (Lipinski definition) is 3. The molecule has 0 saturated heterocycles. The van der Waals surface area contributed by atoms with Crippen molar-refractivity contribution in [3.63, 3.8) is 0 Å². The average Bonchev–Trinajstić information content (AvgIpc) is 2.90. The Morgan fingerprint density at radius 2 is 2.10 bits per heavy atom. The summed E-state index contributed by atoms with van der Waals surface area (Å²) in [4.78, 5) is 23.5. The largest absolute Gasteiger partial charge is 0.352 e. The number of para-hydroxylation sites is 2. The number of rotatable bonds is 4. The summed E-state index contributed by atoms with van der Waals surface area (Å²) < 4.78 is 0. The van der Waals surface area contributed by atoms with Crippen LogP contribution in [0.2, 0.25) is 5.15 Å². The van der Waals surface area contributed by atoms with E-state index in [9.17, 15) is 4.79 Å². The van der Waals surface area contributed by atoms with Gasteiger partial charge in [0.1, 0.15) is 11.0 Å². The lowest BCUT2D eigenvalue weighted by Gasteiger charge is -2.03. The minimum atomic E-state index is -0.171. The van der Waals surface area contributed by atoms with Gasteiger partial charge in [0.25, 0.3) is 5.91 Å². The minimum absolute atomic E-state index is 0.171. The highest BCUT2D eigenvalue weighted by atomic mass is 35.5. The molecular weight excluding hydrogens is 288 g/mol. The van der Waals surface area contributed by atoms with Crippen LogP contribution < -0.4 is 5.32 Å². The normalized spacial score (nSPS) is 10.7. The summed E-state index contributed by atoms with van der Waals surface area (Å²) in [7, 11) is 0. The van der Waals surface area contributed by atoms with Crippen LogP contribution in [-0.4, -0.2) is 27.4 Å². The fraction of sp³-hybridized carbons (Fsp3) is 0.133. The summed E-state index contributed by atoms with van der Waals surface area (Å²) in [6.07, 6.45) is 2.10. The maximum absolute atomic E-state index is 11.9. The molecule has 0 aliphatic carbocycles. The Hall–Kier alpha value is -2.40. The van der Waals surface area contributed by atoms with E-state index in [4.69, 9.17) is 11.6 Å². The zero-order valence-corrected chi connectivity index (χ0v) is 11.9. The second kappa shape index (κ2) is 5.93. The average molecular weight is 301 g/mol. The molecule has 0 aliphatic heterocycles. The number of benzene rings is 1. The first-order valence-corrected chi connectivity index (χ1v) is 6.93. The molecule has 1 amide bonds. The zero-order valence-electron chi connectivity index (χ0n) is 11.1. The van der Waals surface area contributed by atoms with Gasteiger partial charge >= 0.3 is 0 Å². The smallest absolute Gasteiger partial charge is 0.252 e. The topological polar surface area (TPSA) is 70.7 Å². The van der Waals surface area contributed by atoms with E-state index in [1.807, 2.05) is 24.3 Å². The summed E-state index contributed by atoms with van der Waals surface area (Å²) in [5.41, 5.74) is 2.42. The summed E-state index contributed by atoms with van der Waals surface area (Å²) in [6.45, 7) is 0.501. The summed E-state index contributed by atoms with van der Waals surface area (Å²) in [6, 6.07) is 11.1. The van der Waals surface area contributed by atoms with E-state index in [0.29, 0.717) is 23.7 Å². The molecule has 21 heavy (non-hydrogen) atoms. The number of pyridine rings is 1. The van der Waals surface area contributed by atoms with E-state index in [1.54, 1.807) is 12.1 Å². The lowest BCUT2D eigenvalue weighted by molar-refractivity contribution is 0.0953. The predicted octanol–water partition coefficient (Wildman–Crippen LogP) is 2.58. The van der Waals surface area contributed by atoms with Crippen LogP contribution >= 0.6 is 11.6 Å². The van der Waals surface area contributed by atoms with Gasteiger partial charge < -0.3 is 10.3 Å². The van der Waals surface area contributed by atoms with Crippen molar-refractivity contribution >= 4 is 28.5 Å². The van der Waals surface area contributed by atoms with E-state index in [0.717, 1.165) is 16.9 Å². The monoisotopic (exact) mass is 300 g/mol. The van der Waals surface area contributed by atoms with Gasteiger partial charge in [-0.3, -0.25) is 4.79 Å². The molecule has 0 unspecified atom stereocenters. The summed E-state index contributed by atoms with van der Waals surface area (Å²) >= 11 is 5.68. The molecule has 0 saturated carbocycles. The van der Waals surface area contributed by atoms with Gasteiger partial charge in [-0.1, -0.05) is 23.7 Å². The first kappa shape index (κ1) is 13.6. The first-order chi connectivity index (χ1) is 10.2. The number of carbonyl (C=O) groups is 1. The molecule has 1 aromatic carbocycles. The SMILES string of the molecule is O=C(NCCc1nc2ccccc2[nH]1)c1ccc(Cl)nc1. The molecule has 0 bridgehead atoms. The number of H-pyrrole nitrogens is 1. The molecule has 2 aromatic heterocycles. The molecule has 106 valence electrons. The van der Waals surface area contributed by atoms with E-state index in [1.165, 1.54) is 6.20 Å². The molecule has 0 fully saturated rings. The number of aromatic amines is 1. The van der Waals surface area contributed by atoms with E-state index < -0.39 is 0 Å². The van der Waals surface area contributed by atoms with Crippen molar-refractivity contribution in [1.82, 2.24) is 20.3 Å². The number of carbonyl (C=O) groups excluding carboxylic acids is 1. The number of nitrogens with zero attached hydrogens (tertiary/aromatic N) is 2. The maximum Gasteiger partial charge on any atom is 0.252 e.